The van der Waals surface area contributed by atoms with Crippen molar-refractivity contribution < 1.29 is 13.2 Å². The molecule has 0 spiro atoms. The van der Waals surface area contributed by atoms with Gasteiger partial charge in [-0.25, -0.2) is 13.1 Å². The van der Waals surface area contributed by atoms with Gasteiger partial charge in [0.25, 0.3) is 10.9 Å². The van der Waals surface area contributed by atoms with Crippen LogP contribution in [0.5, 0.6) is 5.75 Å². The lowest BCUT2D eigenvalue weighted by Crippen LogP contribution is -2.50. The van der Waals surface area contributed by atoms with Crippen molar-refractivity contribution in [2.24, 2.45) is 0 Å². The summed E-state index contributed by atoms with van der Waals surface area (Å²) in [6.45, 7) is 1.90. The SMILES string of the molecule is COc1ccc(Nc2c(N[C@H]3CCCC[C@H]3NS(=O)(=O)c3ccc(C)cc3)c(=O)c2=O)cc1. The van der Waals surface area contributed by atoms with Crippen molar-refractivity contribution in [2.75, 3.05) is 17.7 Å². The number of benzene rings is 2. The fourth-order valence-electron chi connectivity index (χ4n) is 4.08. The molecular weight excluding hydrogens is 442 g/mol. The van der Waals surface area contributed by atoms with Crippen LogP contribution in [-0.4, -0.2) is 27.6 Å². The average Bonchev–Trinajstić information content (AvgIpc) is 2.82. The van der Waals surface area contributed by atoms with Crippen LogP contribution >= 0.6 is 0 Å². The minimum Gasteiger partial charge on any atom is -0.497 e. The molecule has 0 radical (unpaired) electrons. The van der Waals surface area contributed by atoms with Crippen LogP contribution in [0.4, 0.5) is 17.1 Å². The first-order chi connectivity index (χ1) is 15.8. The van der Waals surface area contributed by atoms with E-state index in [1.54, 1.807) is 55.6 Å². The van der Waals surface area contributed by atoms with E-state index in [4.69, 9.17) is 4.74 Å². The summed E-state index contributed by atoms with van der Waals surface area (Å²) in [6, 6.07) is 13.0. The summed E-state index contributed by atoms with van der Waals surface area (Å²) in [4.78, 5) is 24.7. The molecule has 174 valence electrons. The van der Waals surface area contributed by atoms with Gasteiger partial charge in [0, 0.05) is 17.8 Å². The summed E-state index contributed by atoms with van der Waals surface area (Å²) in [5.41, 5.74) is 0.810. The summed E-state index contributed by atoms with van der Waals surface area (Å²) < 4.78 is 33.7. The molecule has 4 rings (SSSR count). The van der Waals surface area contributed by atoms with Crippen LogP contribution in [0, 0.1) is 6.92 Å². The maximum Gasteiger partial charge on any atom is 0.253 e. The molecule has 2 atom stereocenters. The van der Waals surface area contributed by atoms with E-state index >= 15 is 0 Å². The van der Waals surface area contributed by atoms with Gasteiger partial charge < -0.3 is 15.4 Å². The number of aryl methyl sites for hydroxylation is 1. The number of hydrogen-bond donors (Lipinski definition) is 3. The maximum atomic E-state index is 12.9. The Morgan fingerprint density at radius 3 is 2.09 bits per heavy atom. The minimum atomic E-state index is -3.71. The number of ether oxygens (including phenoxy) is 1. The van der Waals surface area contributed by atoms with Crippen molar-refractivity contribution in [1.29, 1.82) is 0 Å². The molecule has 1 saturated carbocycles. The first kappa shape index (κ1) is 23.0. The lowest BCUT2D eigenvalue weighted by molar-refractivity contribution is 0.378. The van der Waals surface area contributed by atoms with Gasteiger partial charge in [0.2, 0.25) is 10.0 Å². The fourth-order valence-corrected chi connectivity index (χ4v) is 5.39. The summed E-state index contributed by atoms with van der Waals surface area (Å²) in [7, 11) is -2.15. The molecule has 1 aliphatic carbocycles. The number of hydrogen-bond acceptors (Lipinski definition) is 7. The second-order valence-electron chi connectivity index (χ2n) is 8.34. The molecule has 0 aliphatic heterocycles. The van der Waals surface area contributed by atoms with Crippen LogP contribution < -0.4 is 31.0 Å². The van der Waals surface area contributed by atoms with Crippen molar-refractivity contribution in [1.82, 2.24) is 4.72 Å². The standard InChI is InChI=1S/C24H27N3O5S/c1-15-7-13-18(14-8-15)33(30,31)27-20-6-4-3-5-19(20)26-22-21(23(28)24(22)29)25-16-9-11-17(32-2)12-10-16/h7-14,19-20,25-27H,3-6H2,1-2H3/t19-,20+/m0/s1. The maximum absolute atomic E-state index is 12.9. The quantitative estimate of drug-likeness (QED) is 0.435. The average molecular weight is 470 g/mol. The topological polar surface area (TPSA) is 114 Å². The van der Waals surface area contributed by atoms with Gasteiger partial charge in [-0.05, 0) is 56.2 Å². The van der Waals surface area contributed by atoms with Crippen molar-refractivity contribution in [3.63, 3.8) is 0 Å². The van der Waals surface area contributed by atoms with Gasteiger partial charge in [0.05, 0.1) is 12.0 Å². The molecule has 33 heavy (non-hydrogen) atoms. The molecule has 1 aliphatic rings. The van der Waals surface area contributed by atoms with E-state index in [2.05, 4.69) is 15.4 Å². The Hall–Kier alpha value is -3.17. The lowest BCUT2D eigenvalue weighted by Gasteiger charge is -2.34. The summed E-state index contributed by atoms with van der Waals surface area (Å²) in [5.74, 6) is 0.676. The Bertz CT molecular complexity index is 1290. The van der Waals surface area contributed by atoms with Gasteiger partial charge in [-0.3, -0.25) is 9.59 Å². The lowest BCUT2D eigenvalue weighted by atomic mass is 9.90. The van der Waals surface area contributed by atoms with E-state index < -0.39 is 26.9 Å². The Labute approximate surface area is 192 Å². The van der Waals surface area contributed by atoms with Crippen molar-refractivity contribution in [3.8, 4) is 5.75 Å². The van der Waals surface area contributed by atoms with Crippen LogP contribution in [0.2, 0.25) is 0 Å². The second kappa shape index (κ2) is 9.36. The largest absolute Gasteiger partial charge is 0.497 e. The normalized spacial score (nSPS) is 18.7. The molecule has 9 heteroatoms. The molecule has 0 unspecified atom stereocenters. The zero-order valence-electron chi connectivity index (χ0n) is 18.6. The van der Waals surface area contributed by atoms with Crippen LogP contribution in [0.25, 0.3) is 0 Å². The molecule has 0 saturated heterocycles. The van der Waals surface area contributed by atoms with E-state index in [1.165, 1.54) is 0 Å². The highest BCUT2D eigenvalue weighted by Gasteiger charge is 2.32. The highest BCUT2D eigenvalue weighted by atomic mass is 32.2. The third kappa shape index (κ3) is 4.94. The number of methoxy groups -OCH3 is 1. The van der Waals surface area contributed by atoms with Gasteiger partial charge >= 0.3 is 0 Å². The molecular formula is C24H27N3O5S. The van der Waals surface area contributed by atoms with E-state index in [9.17, 15) is 18.0 Å². The smallest absolute Gasteiger partial charge is 0.253 e. The zero-order valence-corrected chi connectivity index (χ0v) is 19.4. The van der Waals surface area contributed by atoms with Crippen LogP contribution in [0.15, 0.2) is 63.0 Å². The Morgan fingerprint density at radius 2 is 1.45 bits per heavy atom. The van der Waals surface area contributed by atoms with Crippen molar-refractivity contribution in [3.05, 3.63) is 74.5 Å². The molecule has 0 heterocycles. The van der Waals surface area contributed by atoms with Crippen LogP contribution in [0.1, 0.15) is 31.2 Å². The summed E-state index contributed by atoms with van der Waals surface area (Å²) in [6.07, 6.45) is 3.10. The van der Waals surface area contributed by atoms with Gasteiger partial charge in [0.1, 0.15) is 17.1 Å². The van der Waals surface area contributed by atoms with Crippen LogP contribution in [-0.2, 0) is 10.0 Å². The van der Waals surface area contributed by atoms with Crippen LogP contribution in [0.3, 0.4) is 0 Å². The molecule has 3 aromatic rings. The molecule has 0 amide bonds. The highest BCUT2D eigenvalue weighted by Crippen LogP contribution is 2.28. The predicted octanol–water partition coefficient (Wildman–Crippen LogP) is 3.04. The Morgan fingerprint density at radius 1 is 0.848 bits per heavy atom. The molecule has 3 N–H and O–H groups in total. The van der Waals surface area contributed by atoms with Gasteiger partial charge in [-0.2, -0.15) is 0 Å². The Kier molecular flexibility index (Phi) is 6.53. The Balaban J connectivity index is 1.51. The number of sulfonamides is 1. The fraction of sp³-hybridized carbons (Fsp3) is 0.333. The van der Waals surface area contributed by atoms with E-state index in [0.717, 1.165) is 18.4 Å². The molecule has 3 aromatic carbocycles. The highest BCUT2D eigenvalue weighted by molar-refractivity contribution is 7.89. The number of nitrogens with one attached hydrogen (secondary N) is 3. The van der Waals surface area contributed by atoms with E-state index in [1.807, 2.05) is 6.92 Å². The summed E-state index contributed by atoms with van der Waals surface area (Å²) >= 11 is 0. The van der Waals surface area contributed by atoms with Gasteiger partial charge in [0.15, 0.2) is 0 Å². The first-order valence-electron chi connectivity index (χ1n) is 10.9. The molecule has 0 bridgehead atoms. The number of rotatable bonds is 8. The van der Waals surface area contributed by atoms with E-state index in [-0.39, 0.29) is 22.3 Å². The zero-order chi connectivity index (χ0) is 23.6. The second-order valence-corrected chi connectivity index (χ2v) is 10.1. The summed E-state index contributed by atoms with van der Waals surface area (Å²) in [5, 5.41) is 6.15. The first-order valence-corrected chi connectivity index (χ1v) is 12.4. The third-order valence-corrected chi connectivity index (χ3v) is 7.51. The van der Waals surface area contributed by atoms with Gasteiger partial charge in [-0.1, -0.05) is 30.5 Å². The van der Waals surface area contributed by atoms with Crippen molar-refractivity contribution >= 4 is 27.1 Å². The van der Waals surface area contributed by atoms with Gasteiger partial charge in [-0.15, -0.1) is 0 Å². The monoisotopic (exact) mass is 469 g/mol. The number of anilines is 3. The minimum absolute atomic E-state index is 0.191. The predicted molar refractivity (Wildman–Crippen MR) is 129 cm³/mol. The third-order valence-electron chi connectivity index (χ3n) is 6.00. The molecule has 8 nitrogen and oxygen atoms in total. The molecule has 0 aromatic heterocycles. The molecule has 1 fully saturated rings. The van der Waals surface area contributed by atoms with E-state index in [0.29, 0.717) is 24.3 Å². The van der Waals surface area contributed by atoms with Crippen molar-refractivity contribution in [2.45, 2.75) is 49.6 Å².